The number of hydrogen-bond donors (Lipinski definition) is 3. The van der Waals surface area contributed by atoms with E-state index in [2.05, 4.69) is 10.3 Å². The van der Waals surface area contributed by atoms with Gasteiger partial charge in [-0.15, -0.1) is 0 Å². The van der Waals surface area contributed by atoms with Crippen LogP contribution >= 0.6 is 0 Å². The molecule has 20 heavy (non-hydrogen) atoms. The normalized spacial score (nSPS) is 12.6. The lowest BCUT2D eigenvalue weighted by Crippen LogP contribution is -2.44. The Morgan fingerprint density at radius 1 is 1.35 bits per heavy atom. The molecular weight excluding hydrogens is 263 g/mol. The molecule has 6 heteroatoms. The van der Waals surface area contributed by atoms with Gasteiger partial charge in [-0.3, -0.25) is 4.79 Å². The molecule has 3 N–H and O–H groups in total. The van der Waals surface area contributed by atoms with Gasteiger partial charge in [0.05, 0.1) is 0 Å². The van der Waals surface area contributed by atoms with Crippen LogP contribution in [0.15, 0.2) is 24.3 Å². The fourth-order valence-electron chi connectivity index (χ4n) is 1.97. The molecule has 0 fully saturated rings. The summed E-state index contributed by atoms with van der Waals surface area (Å²) in [5, 5.41) is 11.8. The van der Waals surface area contributed by atoms with Crippen LogP contribution in [0.2, 0.25) is 0 Å². The minimum absolute atomic E-state index is 0.136. The molecule has 0 unspecified atom stereocenters. The third kappa shape index (κ3) is 2.64. The fraction of sp³-hybridized carbons (Fsp3) is 0.286. The van der Waals surface area contributed by atoms with Crippen molar-refractivity contribution < 1.29 is 19.1 Å². The van der Waals surface area contributed by atoms with Gasteiger partial charge >= 0.3 is 5.97 Å². The Labute approximate surface area is 114 Å². The van der Waals surface area contributed by atoms with Gasteiger partial charge in [0.25, 0.3) is 5.91 Å². The number of aromatic nitrogens is 1. The molecule has 0 saturated carbocycles. The maximum Gasteiger partial charge on any atom is 0.326 e. The molecule has 0 aliphatic rings. The maximum atomic E-state index is 13.5. The third-order valence-corrected chi connectivity index (χ3v) is 3.07. The number of aromatic amines is 1. The first-order chi connectivity index (χ1) is 9.40. The van der Waals surface area contributed by atoms with Crippen LogP contribution in [-0.2, 0) is 4.79 Å². The monoisotopic (exact) mass is 278 g/mol. The van der Waals surface area contributed by atoms with Crippen molar-refractivity contribution in [2.45, 2.75) is 19.9 Å². The zero-order valence-corrected chi connectivity index (χ0v) is 11.1. The first-order valence-electron chi connectivity index (χ1n) is 6.21. The van der Waals surface area contributed by atoms with Crippen molar-refractivity contribution in [2.24, 2.45) is 5.92 Å². The molecule has 0 radical (unpaired) electrons. The van der Waals surface area contributed by atoms with E-state index in [-0.39, 0.29) is 11.6 Å². The molecule has 1 atom stereocenters. The van der Waals surface area contributed by atoms with Gasteiger partial charge in [-0.25, -0.2) is 9.18 Å². The molecule has 1 heterocycles. The average molecular weight is 278 g/mol. The summed E-state index contributed by atoms with van der Waals surface area (Å²) in [7, 11) is 0. The lowest BCUT2D eigenvalue weighted by Gasteiger charge is -2.17. The van der Waals surface area contributed by atoms with Crippen molar-refractivity contribution in [1.82, 2.24) is 10.3 Å². The van der Waals surface area contributed by atoms with E-state index >= 15 is 0 Å². The number of carbonyl (C=O) groups excluding carboxylic acids is 1. The molecular formula is C14H15FN2O3. The summed E-state index contributed by atoms with van der Waals surface area (Å²) in [6.45, 7) is 3.40. The zero-order chi connectivity index (χ0) is 14.9. The van der Waals surface area contributed by atoms with Crippen LogP contribution in [0, 0.1) is 11.7 Å². The van der Waals surface area contributed by atoms with Crippen LogP contribution in [0.3, 0.4) is 0 Å². The largest absolute Gasteiger partial charge is 0.480 e. The van der Waals surface area contributed by atoms with Gasteiger partial charge in [0, 0.05) is 10.9 Å². The Balaban J connectivity index is 2.27. The van der Waals surface area contributed by atoms with Crippen LogP contribution in [0.4, 0.5) is 4.39 Å². The minimum atomic E-state index is -1.10. The molecule has 0 bridgehead atoms. The predicted octanol–water partition coefficient (Wildman–Crippen LogP) is 2.15. The van der Waals surface area contributed by atoms with E-state index in [9.17, 15) is 14.0 Å². The second kappa shape index (κ2) is 5.32. The van der Waals surface area contributed by atoms with Crippen molar-refractivity contribution in [3.63, 3.8) is 0 Å². The second-order valence-corrected chi connectivity index (χ2v) is 4.92. The van der Waals surface area contributed by atoms with Crippen molar-refractivity contribution in [3.05, 3.63) is 35.8 Å². The number of rotatable bonds is 4. The topological polar surface area (TPSA) is 82.2 Å². The standard InChI is InChI=1S/C14H15FN2O3/c1-7(2)12(14(19)20)17-13(18)11-6-8-9(15)4-3-5-10(8)16-11/h3-7,12,16H,1-2H3,(H,17,18)(H,19,20)/t12-/m0/s1. The first kappa shape index (κ1) is 14.0. The highest BCUT2D eigenvalue weighted by Gasteiger charge is 2.24. The SMILES string of the molecule is CC(C)[C@H](NC(=O)c1cc2c(F)cccc2[nH]1)C(=O)O. The van der Waals surface area contributed by atoms with E-state index in [1.165, 1.54) is 18.2 Å². The summed E-state index contributed by atoms with van der Waals surface area (Å²) < 4.78 is 13.5. The summed E-state index contributed by atoms with van der Waals surface area (Å²) in [5.74, 6) is -2.36. The number of halogens is 1. The Bertz CT molecular complexity index is 663. The molecule has 0 aliphatic carbocycles. The second-order valence-electron chi connectivity index (χ2n) is 4.92. The number of benzene rings is 1. The smallest absolute Gasteiger partial charge is 0.326 e. The highest BCUT2D eigenvalue weighted by atomic mass is 19.1. The van der Waals surface area contributed by atoms with Gasteiger partial charge < -0.3 is 15.4 Å². The number of H-pyrrole nitrogens is 1. The predicted molar refractivity (Wildman–Crippen MR) is 72.0 cm³/mol. The Kier molecular flexibility index (Phi) is 3.74. The molecule has 0 saturated heterocycles. The zero-order valence-electron chi connectivity index (χ0n) is 11.1. The van der Waals surface area contributed by atoms with Gasteiger partial charge in [-0.05, 0) is 24.1 Å². The van der Waals surface area contributed by atoms with Gasteiger partial charge in [0.2, 0.25) is 0 Å². The van der Waals surface area contributed by atoms with Crippen molar-refractivity contribution in [3.8, 4) is 0 Å². The van der Waals surface area contributed by atoms with Crippen molar-refractivity contribution in [1.29, 1.82) is 0 Å². The Hall–Kier alpha value is -2.37. The third-order valence-electron chi connectivity index (χ3n) is 3.07. The number of carboxylic acids is 1. The van der Waals surface area contributed by atoms with Crippen LogP contribution in [0.5, 0.6) is 0 Å². The Morgan fingerprint density at radius 2 is 2.05 bits per heavy atom. The number of amides is 1. The maximum absolute atomic E-state index is 13.5. The summed E-state index contributed by atoms with van der Waals surface area (Å²) in [6.07, 6.45) is 0. The highest BCUT2D eigenvalue weighted by Crippen LogP contribution is 2.18. The fourth-order valence-corrected chi connectivity index (χ4v) is 1.97. The lowest BCUT2D eigenvalue weighted by atomic mass is 10.0. The summed E-state index contributed by atoms with van der Waals surface area (Å²) >= 11 is 0. The first-order valence-corrected chi connectivity index (χ1v) is 6.21. The molecule has 2 aromatic rings. The van der Waals surface area contributed by atoms with Gasteiger partial charge in [-0.1, -0.05) is 19.9 Å². The minimum Gasteiger partial charge on any atom is -0.480 e. The number of hydrogen-bond acceptors (Lipinski definition) is 2. The quantitative estimate of drug-likeness (QED) is 0.801. The molecule has 0 spiro atoms. The number of aliphatic carboxylic acids is 1. The number of fused-ring (bicyclic) bond motifs is 1. The van der Waals surface area contributed by atoms with Crippen molar-refractivity contribution in [2.75, 3.05) is 0 Å². The number of nitrogens with one attached hydrogen (secondary N) is 2. The van der Waals surface area contributed by atoms with E-state index in [1.54, 1.807) is 19.9 Å². The molecule has 1 aromatic heterocycles. The van der Waals surface area contributed by atoms with E-state index in [1.807, 2.05) is 0 Å². The van der Waals surface area contributed by atoms with Gasteiger partial charge in [0.15, 0.2) is 0 Å². The Morgan fingerprint density at radius 3 is 2.60 bits per heavy atom. The van der Waals surface area contributed by atoms with E-state index in [0.29, 0.717) is 10.9 Å². The van der Waals surface area contributed by atoms with Crippen LogP contribution in [-0.4, -0.2) is 28.0 Å². The van der Waals surface area contributed by atoms with E-state index < -0.39 is 23.7 Å². The molecule has 2 rings (SSSR count). The average Bonchev–Trinajstić information content (AvgIpc) is 2.80. The molecule has 1 aromatic carbocycles. The molecule has 1 amide bonds. The van der Waals surface area contributed by atoms with Gasteiger partial charge in [-0.2, -0.15) is 0 Å². The van der Waals surface area contributed by atoms with E-state index in [0.717, 1.165) is 0 Å². The highest BCUT2D eigenvalue weighted by molar-refractivity contribution is 5.99. The molecule has 0 aliphatic heterocycles. The summed E-state index contributed by atoms with van der Waals surface area (Å²) in [6, 6.07) is 4.86. The van der Waals surface area contributed by atoms with Crippen LogP contribution in [0.25, 0.3) is 10.9 Å². The van der Waals surface area contributed by atoms with E-state index in [4.69, 9.17) is 5.11 Å². The van der Waals surface area contributed by atoms with Gasteiger partial charge in [0.1, 0.15) is 17.6 Å². The van der Waals surface area contributed by atoms with Crippen LogP contribution in [0.1, 0.15) is 24.3 Å². The summed E-state index contributed by atoms with van der Waals surface area (Å²) in [4.78, 5) is 25.8. The van der Waals surface area contributed by atoms with Crippen LogP contribution < -0.4 is 5.32 Å². The lowest BCUT2D eigenvalue weighted by molar-refractivity contribution is -0.140. The molecule has 5 nitrogen and oxygen atoms in total. The van der Waals surface area contributed by atoms with Crippen molar-refractivity contribution >= 4 is 22.8 Å². The number of carboxylic acid groups (broad SMARTS) is 1. The molecule has 106 valence electrons. The summed E-state index contributed by atoms with van der Waals surface area (Å²) in [5.41, 5.74) is 0.628. The number of carbonyl (C=O) groups is 2.